The van der Waals surface area contributed by atoms with E-state index in [2.05, 4.69) is 4.98 Å². The van der Waals surface area contributed by atoms with Crippen molar-refractivity contribution in [3.63, 3.8) is 0 Å². The van der Waals surface area contributed by atoms with Crippen LogP contribution in [0.5, 0.6) is 0 Å². The first-order valence-corrected chi connectivity index (χ1v) is 5.43. The third kappa shape index (κ3) is 1.73. The van der Waals surface area contributed by atoms with Gasteiger partial charge in [-0.15, -0.1) is 0 Å². The van der Waals surface area contributed by atoms with Crippen LogP contribution in [0.1, 0.15) is 10.6 Å². The number of aldehydes is 1. The monoisotopic (exact) mass is 239 g/mol. The molecule has 3 rings (SSSR count). The van der Waals surface area contributed by atoms with E-state index in [9.17, 15) is 4.79 Å². The second kappa shape index (κ2) is 4.33. The Labute approximate surface area is 103 Å². The van der Waals surface area contributed by atoms with Gasteiger partial charge in [0.25, 0.3) is 0 Å². The van der Waals surface area contributed by atoms with E-state index in [1.165, 1.54) is 6.26 Å². The van der Waals surface area contributed by atoms with Gasteiger partial charge in [-0.2, -0.15) is 0 Å². The highest BCUT2D eigenvalue weighted by Gasteiger charge is 2.13. The van der Waals surface area contributed by atoms with Crippen molar-refractivity contribution in [2.24, 2.45) is 0 Å². The van der Waals surface area contributed by atoms with Crippen LogP contribution in [-0.4, -0.2) is 11.3 Å². The molecule has 0 saturated carbocycles. The molecule has 0 fully saturated rings. The number of rotatable bonds is 3. The SMILES string of the molecule is O=Cc1ccc(-c2ccccc2-c2ncco2)o1. The molecule has 4 nitrogen and oxygen atoms in total. The van der Waals surface area contributed by atoms with Gasteiger partial charge in [0, 0.05) is 11.1 Å². The van der Waals surface area contributed by atoms with Gasteiger partial charge in [-0.25, -0.2) is 4.98 Å². The molecule has 0 radical (unpaired) electrons. The Balaban J connectivity index is 2.15. The average molecular weight is 239 g/mol. The standard InChI is InChI=1S/C14H9NO3/c16-9-10-5-6-13(18-10)11-3-1-2-4-12(11)14-15-7-8-17-14/h1-9H. The molecule has 3 aromatic rings. The van der Waals surface area contributed by atoms with Crippen molar-refractivity contribution in [3.05, 3.63) is 54.6 Å². The van der Waals surface area contributed by atoms with Gasteiger partial charge in [0.2, 0.25) is 5.89 Å². The molecule has 0 unspecified atom stereocenters. The third-order valence-corrected chi connectivity index (χ3v) is 2.60. The molecule has 2 heterocycles. The molecule has 0 bridgehead atoms. The normalized spacial score (nSPS) is 10.4. The lowest BCUT2D eigenvalue weighted by molar-refractivity contribution is 0.110. The molecule has 0 spiro atoms. The summed E-state index contributed by atoms with van der Waals surface area (Å²) in [6.45, 7) is 0. The zero-order valence-corrected chi connectivity index (χ0v) is 9.37. The molecule has 0 aliphatic heterocycles. The van der Waals surface area contributed by atoms with Crippen molar-refractivity contribution in [3.8, 4) is 22.8 Å². The van der Waals surface area contributed by atoms with Gasteiger partial charge < -0.3 is 8.83 Å². The van der Waals surface area contributed by atoms with Crippen LogP contribution in [0.15, 0.2) is 57.7 Å². The minimum atomic E-state index is 0.298. The largest absolute Gasteiger partial charge is 0.453 e. The molecule has 88 valence electrons. The predicted octanol–water partition coefficient (Wildman–Crippen LogP) is 3.41. The fourth-order valence-corrected chi connectivity index (χ4v) is 1.80. The minimum absolute atomic E-state index is 0.298. The molecule has 0 aliphatic rings. The minimum Gasteiger partial charge on any atom is -0.453 e. The van der Waals surface area contributed by atoms with Gasteiger partial charge in [0.1, 0.15) is 12.0 Å². The van der Waals surface area contributed by atoms with E-state index >= 15 is 0 Å². The van der Waals surface area contributed by atoms with Crippen LogP contribution in [-0.2, 0) is 0 Å². The van der Waals surface area contributed by atoms with Crippen LogP contribution in [0.3, 0.4) is 0 Å². The fourth-order valence-electron chi connectivity index (χ4n) is 1.80. The lowest BCUT2D eigenvalue weighted by atomic mass is 10.1. The summed E-state index contributed by atoms with van der Waals surface area (Å²) in [6, 6.07) is 11.0. The van der Waals surface area contributed by atoms with Gasteiger partial charge >= 0.3 is 0 Å². The zero-order chi connectivity index (χ0) is 12.4. The van der Waals surface area contributed by atoms with Crippen molar-refractivity contribution in [1.29, 1.82) is 0 Å². The average Bonchev–Trinajstić information content (AvgIpc) is 3.10. The molecule has 0 saturated heterocycles. The number of benzene rings is 1. The molecule has 2 aromatic heterocycles. The van der Waals surface area contributed by atoms with Crippen molar-refractivity contribution >= 4 is 6.29 Å². The van der Waals surface area contributed by atoms with Crippen molar-refractivity contribution in [2.75, 3.05) is 0 Å². The lowest BCUT2D eigenvalue weighted by Gasteiger charge is -2.02. The summed E-state index contributed by atoms with van der Waals surface area (Å²) >= 11 is 0. The Bertz CT molecular complexity index is 668. The number of nitrogens with zero attached hydrogens (tertiary/aromatic N) is 1. The van der Waals surface area contributed by atoms with Gasteiger partial charge in [-0.1, -0.05) is 18.2 Å². The molecular weight excluding hydrogens is 230 g/mol. The number of aromatic nitrogens is 1. The molecular formula is C14H9NO3. The highest BCUT2D eigenvalue weighted by molar-refractivity contribution is 5.79. The number of hydrogen-bond donors (Lipinski definition) is 0. The van der Waals surface area contributed by atoms with Crippen LogP contribution < -0.4 is 0 Å². The van der Waals surface area contributed by atoms with Crippen LogP contribution in [0, 0.1) is 0 Å². The zero-order valence-electron chi connectivity index (χ0n) is 9.37. The summed E-state index contributed by atoms with van der Waals surface area (Å²) in [4.78, 5) is 14.8. The van der Waals surface area contributed by atoms with E-state index in [4.69, 9.17) is 8.83 Å². The first-order valence-electron chi connectivity index (χ1n) is 5.43. The van der Waals surface area contributed by atoms with E-state index in [1.54, 1.807) is 18.3 Å². The van der Waals surface area contributed by atoms with Crippen molar-refractivity contribution < 1.29 is 13.6 Å². The van der Waals surface area contributed by atoms with Gasteiger partial charge in [0.15, 0.2) is 12.0 Å². The van der Waals surface area contributed by atoms with E-state index in [0.717, 1.165) is 11.1 Å². The van der Waals surface area contributed by atoms with Gasteiger partial charge in [-0.05, 0) is 18.2 Å². The van der Waals surface area contributed by atoms with Crippen molar-refractivity contribution in [1.82, 2.24) is 4.98 Å². The summed E-state index contributed by atoms with van der Waals surface area (Å²) < 4.78 is 10.7. The molecule has 0 aliphatic carbocycles. The molecule has 0 N–H and O–H groups in total. The first kappa shape index (κ1) is 10.5. The molecule has 4 heteroatoms. The summed E-state index contributed by atoms with van der Waals surface area (Å²) in [5.41, 5.74) is 1.67. The molecule has 18 heavy (non-hydrogen) atoms. The molecule has 0 atom stereocenters. The molecule has 1 aromatic carbocycles. The molecule has 0 amide bonds. The Kier molecular flexibility index (Phi) is 2.53. The second-order valence-corrected chi connectivity index (χ2v) is 3.70. The Hall–Kier alpha value is -2.62. The van der Waals surface area contributed by atoms with Crippen LogP contribution in [0.4, 0.5) is 0 Å². The number of furan rings is 1. The highest BCUT2D eigenvalue weighted by atomic mass is 16.3. The summed E-state index contributed by atoms with van der Waals surface area (Å²) in [7, 11) is 0. The Morgan fingerprint density at radius 1 is 1.06 bits per heavy atom. The van der Waals surface area contributed by atoms with E-state index in [-0.39, 0.29) is 0 Å². The second-order valence-electron chi connectivity index (χ2n) is 3.70. The third-order valence-electron chi connectivity index (χ3n) is 2.60. The summed E-state index contributed by atoms with van der Waals surface area (Å²) in [5, 5.41) is 0. The summed E-state index contributed by atoms with van der Waals surface area (Å²) in [5.74, 6) is 1.44. The maximum absolute atomic E-state index is 10.6. The van der Waals surface area contributed by atoms with E-state index in [0.29, 0.717) is 23.7 Å². The van der Waals surface area contributed by atoms with Crippen LogP contribution in [0.2, 0.25) is 0 Å². The predicted molar refractivity (Wildman–Crippen MR) is 65.0 cm³/mol. The lowest BCUT2D eigenvalue weighted by Crippen LogP contribution is -1.83. The number of carbonyl (C=O) groups excluding carboxylic acids is 1. The Morgan fingerprint density at radius 3 is 2.56 bits per heavy atom. The van der Waals surface area contributed by atoms with Gasteiger partial charge in [0.05, 0.1) is 6.20 Å². The maximum atomic E-state index is 10.6. The smallest absolute Gasteiger partial charge is 0.226 e. The highest BCUT2D eigenvalue weighted by Crippen LogP contribution is 2.31. The maximum Gasteiger partial charge on any atom is 0.226 e. The van der Waals surface area contributed by atoms with Crippen molar-refractivity contribution in [2.45, 2.75) is 0 Å². The van der Waals surface area contributed by atoms with Crippen LogP contribution in [0.25, 0.3) is 22.8 Å². The quantitative estimate of drug-likeness (QED) is 0.657. The topological polar surface area (TPSA) is 56.2 Å². The summed E-state index contributed by atoms with van der Waals surface area (Å²) in [6.07, 6.45) is 3.79. The Morgan fingerprint density at radius 2 is 1.89 bits per heavy atom. The number of carbonyl (C=O) groups is 1. The van der Waals surface area contributed by atoms with E-state index < -0.39 is 0 Å². The number of hydrogen-bond acceptors (Lipinski definition) is 4. The van der Waals surface area contributed by atoms with Crippen LogP contribution >= 0.6 is 0 Å². The van der Waals surface area contributed by atoms with E-state index in [1.807, 2.05) is 24.3 Å². The first-order chi connectivity index (χ1) is 8.88. The number of oxazole rings is 1. The van der Waals surface area contributed by atoms with Gasteiger partial charge in [-0.3, -0.25) is 4.79 Å². The fraction of sp³-hybridized carbons (Fsp3) is 0.